The monoisotopic (exact) mass is 371 g/mol. The zero-order valence-electron chi connectivity index (χ0n) is 14.6. The van der Waals surface area contributed by atoms with Gasteiger partial charge >= 0.3 is 0 Å². The van der Waals surface area contributed by atoms with Crippen molar-refractivity contribution in [3.8, 4) is 11.4 Å². The molecule has 0 spiro atoms. The molecule has 0 radical (unpaired) electrons. The van der Waals surface area contributed by atoms with Crippen molar-refractivity contribution in [1.82, 2.24) is 15.5 Å². The maximum atomic E-state index is 11.6. The third-order valence-corrected chi connectivity index (χ3v) is 4.22. The lowest BCUT2D eigenvalue weighted by Gasteiger charge is -2.11. The summed E-state index contributed by atoms with van der Waals surface area (Å²) >= 11 is 5.90. The number of amides is 1. The molecular formula is C19H20ClN4O2+. The van der Waals surface area contributed by atoms with Crippen molar-refractivity contribution in [2.24, 2.45) is 0 Å². The SMILES string of the molecule is CNC(=O)c1ccc(C[NH+](C)Cc2nc(-c3ccc(Cl)cc3)no2)cc1. The Morgan fingerprint density at radius 3 is 2.46 bits per heavy atom. The molecule has 1 atom stereocenters. The normalized spacial score (nSPS) is 12.0. The number of hydrogen-bond donors (Lipinski definition) is 2. The van der Waals surface area contributed by atoms with Gasteiger partial charge in [-0.1, -0.05) is 28.9 Å². The number of halogens is 1. The molecular weight excluding hydrogens is 352 g/mol. The van der Waals surface area contributed by atoms with E-state index in [4.69, 9.17) is 16.1 Å². The van der Waals surface area contributed by atoms with Gasteiger partial charge in [0, 0.05) is 28.8 Å². The molecule has 0 aliphatic heterocycles. The molecule has 3 aromatic rings. The van der Waals surface area contributed by atoms with Crippen molar-refractivity contribution in [2.45, 2.75) is 13.1 Å². The van der Waals surface area contributed by atoms with Crippen LogP contribution in [0.4, 0.5) is 0 Å². The molecule has 134 valence electrons. The van der Waals surface area contributed by atoms with Crippen LogP contribution in [0.25, 0.3) is 11.4 Å². The molecule has 2 aromatic carbocycles. The van der Waals surface area contributed by atoms with E-state index in [1.54, 1.807) is 19.2 Å². The van der Waals surface area contributed by atoms with Gasteiger partial charge in [-0.15, -0.1) is 0 Å². The Balaban J connectivity index is 1.60. The molecule has 0 fully saturated rings. The van der Waals surface area contributed by atoms with Gasteiger partial charge < -0.3 is 14.7 Å². The first kappa shape index (κ1) is 18.1. The molecule has 0 saturated carbocycles. The lowest BCUT2D eigenvalue weighted by Crippen LogP contribution is -3.06. The van der Waals surface area contributed by atoms with Gasteiger partial charge in [-0.3, -0.25) is 4.79 Å². The van der Waals surface area contributed by atoms with E-state index >= 15 is 0 Å². The topological polar surface area (TPSA) is 72.5 Å². The largest absolute Gasteiger partial charge is 0.355 e. The fourth-order valence-corrected chi connectivity index (χ4v) is 2.76. The molecule has 0 bridgehead atoms. The van der Waals surface area contributed by atoms with Gasteiger partial charge in [0.1, 0.15) is 6.54 Å². The number of aromatic nitrogens is 2. The highest BCUT2D eigenvalue weighted by molar-refractivity contribution is 6.30. The Hall–Kier alpha value is -2.70. The van der Waals surface area contributed by atoms with Crippen LogP contribution in [0.15, 0.2) is 53.1 Å². The second kappa shape index (κ2) is 8.12. The molecule has 0 saturated heterocycles. The fourth-order valence-electron chi connectivity index (χ4n) is 2.63. The highest BCUT2D eigenvalue weighted by Crippen LogP contribution is 2.18. The van der Waals surface area contributed by atoms with E-state index in [9.17, 15) is 4.79 Å². The smallest absolute Gasteiger partial charge is 0.282 e. The highest BCUT2D eigenvalue weighted by Gasteiger charge is 2.14. The van der Waals surface area contributed by atoms with Crippen LogP contribution >= 0.6 is 11.6 Å². The third-order valence-electron chi connectivity index (χ3n) is 3.97. The Bertz CT molecular complexity index is 875. The zero-order chi connectivity index (χ0) is 18.5. The molecule has 0 aliphatic rings. The molecule has 3 rings (SSSR count). The molecule has 1 heterocycles. The molecule has 2 N–H and O–H groups in total. The van der Waals surface area contributed by atoms with Crippen molar-refractivity contribution in [3.63, 3.8) is 0 Å². The van der Waals surface area contributed by atoms with Gasteiger partial charge in [-0.2, -0.15) is 4.98 Å². The second-order valence-corrected chi connectivity index (χ2v) is 6.54. The summed E-state index contributed by atoms with van der Waals surface area (Å²) in [6, 6.07) is 14.9. The average molecular weight is 372 g/mol. The number of carbonyl (C=O) groups is 1. The van der Waals surface area contributed by atoms with Gasteiger partial charge in [0.15, 0.2) is 6.54 Å². The molecule has 0 aliphatic carbocycles. The van der Waals surface area contributed by atoms with E-state index in [-0.39, 0.29) is 5.91 Å². The number of nitrogens with one attached hydrogen (secondary N) is 2. The van der Waals surface area contributed by atoms with Crippen molar-refractivity contribution in [1.29, 1.82) is 0 Å². The van der Waals surface area contributed by atoms with Crippen LogP contribution in [0.5, 0.6) is 0 Å². The Morgan fingerprint density at radius 1 is 1.12 bits per heavy atom. The number of nitrogens with zero attached hydrogens (tertiary/aromatic N) is 2. The number of benzene rings is 2. The summed E-state index contributed by atoms with van der Waals surface area (Å²) in [7, 11) is 3.68. The van der Waals surface area contributed by atoms with E-state index in [2.05, 4.69) is 22.5 Å². The van der Waals surface area contributed by atoms with E-state index in [1.165, 1.54) is 4.90 Å². The van der Waals surface area contributed by atoms with Crippen LogP contribution < -0.4 is 10.2 Å². The van der Waals surface area contributed by atoms with Gasteiger partial charge in [0.05, 0.1) is 7.05 Å². The van der Waals surface area contributed by atoms with Crippen LogP contribution in [0.1, 0.15) is 21.8 Å². The maximum absolute atomic E-state index is 11.6. The molecule has 1 amide bonds. The molecule has 1 aromatic heterocycles. The lowest BCUT2D eigenvalue weighted by molar-refractivity contribution is -0.909. The predicted molar refractivity (Wildman–Crippen MR) is 98.9 cm³/mol. The summed E-state index contributed by atoms with van der Waals surface area (Å²) < 4.78 is 5.35. The van der Waals surface area contributed by atoms with Gasteiger partial charge in [-0.25, -0.2) is 0 Å². The number of hydrogen-bond acceptors (Lipinski definition) is 4. The minimum atomic E-state index is -0.0853. The van der Waals surface area contributed by atoms with Crippen LogP contribution in [-0.2, 0) is 13.1 Å². The first-order valence-electron chi connectivity index (χ1n) is 8.26. The second-order valence-electron chi connectivity index (χ2n) is 6.11. The van der Waals surface area contributed by atoms with Crippen LogP contribution in [0.2, 0.25) is 5.02 Å². The lowest BCUT2D eigenvalue weighted by atomic mass is 10.1. The summed E-state index contributed by atoms with van der Waals surface area (Å²) in [6.07, 6.45) is 0. The van der Waals surface area contributed by atoms with Crippen LogP contribution in [-0.4, -0.2) is 30.1 Å². The first-order valence-corrected chi connectivity index (χ1v) is 8.64. The van der Waals surface area contributed by atoms with Gasteiger partial charge in [-0.05, 0) is 36.4 Å². The Kier molecular flexibility index (Phi) is 5.65. The molecule has 26 heavy (non-hydrogen) atoms. The fraction of sp³-hybridized carbons (Fsp3) is 0.211. The van der Waals surface area contributed by atoms with Crippen molar-refractivity contribution in [2.75, 3.05) is 14.1 Å². The summed E-state index contributed by atoms with van der Waals surface area (Å²) in [5.41, 5.74) is 2.65. The van der Waals surface area contributed by atoms with E-state index in [1.807, 2.05) is 36.4 Å². The van der Waals surface area contributed by atoms with E-state index < -0.39 is 0 Å². The third kappa shape index (κ3) is 4.47. The predicted octanol–water partition coefficient (Wildman–Crippen LogP) is 1.96. The Labute approximate surface area is 156 Å². The van der Waals surface area contributed by atoms with E-state index in [0.717, 1.165) is 17.7 Å². The summed E-state index contributed by atoms with van der Waals surface area (Å²) in [5.74, 6) is 1.05. The minimum Gasteiger partial charge on any atom is -0.355 e. The van der Waals surface area contributed by atoms with Crippen LogP contribution in [0, 0.1) is 0 Å². The van der Waals surface area contributed by atoms with Gasteiger partial charge in [0.25, 0.3) is 11.8 Å². The number of carbonyl (C=O) groups excluding carboxylic acids is 1. The van der Waals surface area contributed by atoms with Crippen molar-refractivity contribution < 1.29 is 14.2 Å². The quantitative estimate of drug-likeness (QED) is 0.694. The van der Waals surface area contributed by atoms with E-state index in [0.29, 0.717) is 28.8 Å². The minimum absolute atomic E-state index is 0.0853. The average Bonchev–Trinajstić information content (AvgIpc) is 3.10. The van der Waals surface area contributed by atoms with Crippen molar-refractivity contribution in [3.05, 3.63) is 70.6 Å². The van der Waals surface area contributed by atoms with Crippen molar-refractivity contribution >= 4 is 17.5 Å². The maximum Gasteiger partial charge on any atom is 0.282 e. The standard InChI is InChI=1S/C19H19ClN4O2/c1-21-19(25)15-5-3-13(4-6-15)11-24(2)12-17-22-18(23-26-17)14-7-9-16(20)10-8-14/h3-10H,11-12H2,1-2H3,(H,21,25)/p+1. The number of rotatable bonds is 6. The summed E-state index contributed by atoms with van der Waals surface area (Å²) in [4.78, 5) is 17.2. The van der Waals surface area contributed by atoms with Crippen LogP contribution in [0.3, 0.4) is 0 Å². The zero-order valence-corrected chi connectivity index (χ0v) is 15.4. The molecule has 6 nitrogen and oxygen atoms in total. The Morgan fingerprint density at radius 2 is 1.81 bits per heavy atom. The molecule has 7 heteroatoms. The summed E-state index contributed by atoms with van der Waals surface area (Å²) in [5, 5.41) is 7.31. The molecule has 1 unspecified atom stereocenters. The highest BCUT2D eigenvalue weighted by atomic mass is 35.5. The van der Waals surface area contributed by atoms with Gasteiger partial charge in [0.2, 0.25) is 5.82 Å². The summed E-state index contributed by atoms with van der Waals surface area (Å²) in [6.45, 7) is 1.39. The first-order chi connectivity index (χ1) is 12.5. The number of quaternary nitrogens is 1.